The van der Waals surface area contributed by atoms with E-state index in [9.17, 15) is 5.11 Å². The monoisotopic (exact) mass is 369 g/mol. The van der Waals surface area contributed by atoms with Gasteiger partial charge in [-0.15, -0.1) is 10.2 Å². The van der Waals surface area contributed by atoms with Crippen LogP contribution in [-0.2, 0) is 0 Å². The Morgan fingerprint density at radius 3 is 2.30 bits per heavy atom. The molecule has 0 radical (unpaired) electrons. The highest BCUT2D eigenvalue weighted by Gasteiger charge is 2.10. The van der Waals surface area contributed by atoms with Crippen molar-refractivity contribution >= 4 is 22.4 Å². The number of hydrogen-bond donors (Lipinski definition) is 3. The average Bonchev–Trinajstić information content (AvgIpc) is 3.10. The molecule has 0 aliphatic heterocycles. The Labute approximate surface area is 159 Å². The third-order valence-electron chi connectivity index (χ3n) is 4.67. The number of rotatable bonds is 8. The van der Waals surface area contributed by atoms with E-state index in [1.807, 2.05) is 31.2 Å². The van der Waals surface area contributed by atoms with Crippen LogP contribution in [0.4, 0.5) is 11.4 Å². The summed E-state index contributed by atoms with van der Waals surface area (Å²) in [5.74, 6) is 0. The van der Waals surface area contributed by atoms with Crippen LogP contribution in [0.1, 0.15) is 19.4 Å². The number of aryl methyl sites for hydroxylation is 1. The van der Waals surface area contributed by atoms with E-state index in [1.54, 1.807) is 4.80 Å². The molecule has 3 N–H and O–H groups in total. The summed E-state index contributed by atoms with van der Waals surface area (Å²) >= 11 is 0. The Bertz CT molecular complexity index is 887. The number of anilines is 2. The van der Waals surface area contributed by atoms with Crippen molar-refractivity contribution in [3.63, 3.8) is 0 Å². The van der Waals surface area contributed by atoms with Crippen LogP contribution in [0.5, 0.6) is 0 Å². The molecule has 0 bridgehead atoms. The van der Waals surface area contributed by atoms with Crippen LogP contribution in [0.3, 0.4) is 0 Å². The van der Waals surface area contributed by atoms with Crippen LogP contribution in [0, 0.1) is 6.92 Å². The first-order valence-corrected chi connectivity index (χ1v) is 9.31. The highest BCUT2D eigenvalue weighted by atomic mass is 16.3. The summed E-state index contributed by atoms with van der Waals surface area (Å²) in [6, 6.07) is 12.1. The largest absolute Gasteiger partial charge is 0.394 e. The van der Waals surface area contributed by atoms with Gasteiger partial charge in [0.25, 0.3) is 0 Å². The standard InChI is InChI=1S/C20H27N5O2/c1-4-24(5-2)15-6-8-16(9-7-15)25-22-19-10-14(3)18(11-20(19)23-25)21-12-17(27)13-26/h6-11,17,21,26-27H,4-5,12-13H2,1-3H3. The molecular formula is C20H27N5O2. The predicted molar refractivity (Wildman–Crippen MR) is 109 cm³/mol. The Balaban J connectivity index is 1.86. The quantitative estimate of drug-likeness (QED) is 0.565. The van der Waals surface area contributed by atoms with Crippen molar-refractivity contribution < 1.29 is 10.2 Å². The first-order chi connectivity index (χ1) is 13.0. The van der Waals surface area contributed by atoms with Gasteiger partial charge in [0.05, 0.1) is 18.4 Å². The zero-order chi connectivity index (χ0) is 19.4. The van der Waals surface area contributed by atoms with E-state index >= 15 is 0 Å². The first-order valence-electron chi connectivity index (χ1n) is 9.31. The van der Waals surface area contributed by atoms with Gasteiger partial charge in [-0.05, 0) is 62.7 Å². The second-order valence-electron chi connectivity index (χ2n) is 6.55. The summed E-state index contributed by atoms with van der Waals surface area (Å²) in [5, 5.41) is 30.8. The topological polar surface area (TPSA) is 86.4 Å². The maximum Gasteiger partial charge on any atom is 0.115 e. The number of fused-ring (bicyclic) bond motifs is 1. The van der Waals surface area contributed by atoms with Gasteiger partial charge in [0.15, 0.2) is 0 Å². The van der Waals surface area contributed by atoms with Gasteiger partial charge < -0.3 is 20.4 Å². The first kappa shape index (κ1) is 19.1. The molecule has 1 heterocycles. The van der Waals surface area contributed by atoms with Crippen LogP contribution in [0.2, 0.25) is 0 Å². The van der Waals surface area contributed by atoms with Crippen molar-refractivity contribution in [3.8, 4) is 5.69 Å². The molecule has 3 rings (SSSR count). The summed E-state index contributed by atoms with van der Waals surface area (Å²) in [5.41, 5.74) is 5.56. The molecule has 3 aromatic rings. The molecule has 7 nitrogen and oxygen atoms in total. The molecule has 7 heteroatoms. The van der Waals surface area contributed by atoms with E-state index < -0.39 is 6.10 Å². The van der Waals surface area contributed by atoms with Crippen LogP contribution in [0.15, 0.2) is 36.4 Å². The molecular weight excluding hydrogens is 342 g/mol. The van der Waals surface area contributed by atoms with Crippen molar-refractivity contribution in [2.45, 2.75) is 26.9 Å². The predicted octanol–water partition coefficient (Wildman–Crippen LogP) is 2.34. The normalized spacial score (nSPS) is 12.3. The van der Waals surface area contributed by atoms with E-state index in [0.717, 1.165) is 41.1 Å². The smallest absolute Gasteiger partial charge is 0.115 e. The maximum absolute atomic E-state index is 9.53. The summed E-state index contributed by atoms with van der Waals surface area (Å²) in [6.45, 7) is 8.22. The van der Waals surface area contributed by atoms with Crippen LogP contribution < -0.4 is 10.2 Å². The van der Waals surface area contributed by atoms with E-state index in [0.29, 0.717) is 0 Å². The van der Waals surface area contributed by atoms with Crippen molar-refractivity contribution in [1.29, 1.82) is 0 Å². The van der Waals surface area contributed by atoms with Gasteiger partial charge in [-0.2, -0.15) is 4.80 Å². The summed E-state index contributed by atoms with van der Waals surface area (Å²) in [4.78, 5) is 3.93. The highest BCUT2D eigenvalue weighted by molar-refractivity contribution is 5.80. The minimum absolute atomic E-state index is 0.270. The molecule has 0 saturated heterocycles. The molecule has 0 aliphatic rings. The number of nitrogens with one attached hydrogen (secondary N) is 1. The molecule has 0 spiro atoms. The highest BCUT2D eigenvalue weighted by Crippen LogP contribution is 2.23. The lowest BCUT2D eigenvalue weighted by molar-refractivity contribution is 0.105. The Hall–Kier alpha value is -2.64. The SMILES string of the molecule is CCN(CC)c1ccc(-n2nc3cc(C)c(NCC(O)CO)cc3n2)cc1. The molecule has 0 amide bonds. The number of benzene rings is 2. The molecule has 2 aromatic carbocycles. The minimum Gasteiger partial charge on any atom is -0.394 e. The zero-order valence-electron chi connectivity index (χ0n) is 16.1. The van der Waals surface area contributed by atoms with E-state index in [4.69, 9.17) is 5.11 Å². The lowest BCUT2D eigenvalue weighted by atomic mass is 10.1. The number of nitrogens with zero attached hydrogens (tertiary/aromatic N) is 4. The lowest BCUT2D eigenvalue weighted by Crippen LogP contribution is -2.23. The molecule has 27 heavy (non-hydrogen) atoms. The Morgan fingerprint density at radius 1 is 1.07 bits per heavy atom. The van der Waals surface area contributed by atoms with Gasteiger partial charge in [0.1, 0.15) is 11.0 Å². The number of aromatic nitrogens is 3. The molecule has 0 fully saturated rings. The fourth-order valence-corrected chi connectivity index (χ4v) is 3.05. The lowest BCUT2D eigenvalue weighted by Gasteiger charge is -2.20. The van der Waals surface area contributed by atoms with Gasteiger partial charge in [0, 0.05) is 31.0 Å². The van der Waals surface area contributed by atoms with Gasteiger partial charge in [-0.3, -0.25) is 0 Å². The summed E-state index contributed by atoms with van der Waals surface area (Å²) < 4.78 is 0. The molecule has 1 unspecified atom stereocenters. The number of hydrogen-bond acceptors (Lipinski definition) is 6. The third-order valence-corrected chi connectivity index (χ3v) is 4.67. The van der Waals surface area contributed by atoms with E-state index in [2.05, 4.69) is 46.4 Å². The summed E-state index contributed by atoms with van der Waals surface area (Å²) in [7, 11) is 0. The molecule has 0 aliphatic carbocycles. The average molecular weight is 369 g/mol. The third kappa shape index (κ3) is 4.20. The Kier molecular flexibility index (Phi) is 5.93. The Morgan fingerprint density at radius 2 is 1.70 bits per heavy atom. The fourth-order valence-electron chi connectivity index (χ4n) is 3.05. The van der Waals surface area contributed by atoms with Gasteiger partial charge in [-0.1, -0.05) is 0 Å². The van der Waals surface area contributed by atoms with Crippen LogP contribution in [0.25, 0.3) is 16.7 Å². The maximum atomic E-state index is 9.53. The minimum atomic E-state index is -0.792. The zero-order valence-corrected chi connectivity index (χ0v) is 16.1. The van der Waals surface area contributed by atoms with Crippen LogP contribution in [-0.4, -0.2) is 57.6 Å². The second kappa shape index (κ2) is 8.37. The number of aliphatic hydroxyl groups excluding tert-OH is 2. The van der Waals surface area contributed by atoms with Crippen molar-refractivity contribution in [3.05, 3.63) is 42.0 Å². The van der Waals surface area contributed by atoms with Crippen molar-refractivity contribution in [2.75, 3.05) is 36.5 Å². The number of aliphatic hydroxyl groups is 2. The second-order valence-corrected chi connectivity index (χ2v) is 6.55. The van der Waals surface area contributed by atoms with Crippen LogP contribution >= 0.6 is 0 Å². The van der Waals surface area contributed by atoms with Gasteiger partial charge >= 0.3 is 0 Å². The molecule has 1 aromatic heterocycles. The van der Waals surface area contributed by atoms with Crippen molar-refractivity contribution in [1.82, 2.24) is 15.0 Å². The van der Waals surface area contributed by atoms with E-state index in [-0.39, 0.29) is 13.2 Å². The molecule has 144 valence electrons. The van der Waals surface area contributed by atoms with Gasteiger partial charge in [0.2, 0.25) is 0 Å². The van der Waals surface area contributed by atoms with E-state index in [1.165, 1.54) is 5.69 Å². The fraction of sp³-hybridized carbons (Fsp3) is 0.400. The molecule has 1 atom stereocenters. The van der Waals surface area contributed by atoms with Gasteiger partial charge in [-0.25, -0.2) is 0 Å². The van der Waals surface area contributed by atoms with Crippen molar-refractivity contribution in [2.24, 2.45) is 0 Å². The summed E-state index contributed by atoms with van der Waals surface area (Å²) in [6.07, 6.45) is -0.792. The molecule has 0 saturated carbocycles.